The molecule has 5 heteroatoms. The highest BCUT2D eigenvalue weighted by molar-refractivity contribution is 5.21. The van der Waals surface area contributed by atoms with Crippen molar-refractivity contribution in [2.75, 3.05) is 6.61 Å². The van der Waals surface area contributed by atoms with Crippen LogP contribution >= 0.6 is 0 Å². The van der Waals surface area contributed by atoms with Gasteiger partial charge >= 0.3 is 0 Å². The van der Waals surface area contributed by atoms with Crippen LogP contribution in [-0.2, 0) is 16.1 Å². The molecule has 5 nitrogen and oxygen atoms in total. The third kappa shape index (κ3) is 3.93. The second kappa shape index (κ2) is 7.67. The lowest BCUT2D eigenvalue weighted by molar-refractivity contribution is -0.00522. The molecule has 0 N–H and O–H groups in total. The molecule has 1 saturated heterocycles. The summed E-state index contributed by atoms with van der Waals surface area (Å²) in [7, 11) is 0. The molecule has 25 heavy (non-hydrogen) atoms. The largest absolute Gasteiger partial charge is 0.422 e. The summed E-state index contributed by atoms with van der Waals surface area (Å²) in [6.07, 6.45) is 6.06. The maximum atomic E-state index is 6.00. The third-order valence-corrected chi connectivity index (χ3v) is 5.35. The third-order valence-electron chi connectivity index (χ3n) is 5.35. The summed E-state index contributed by atoms with van der Waals surface area (Å²) in [5, 5.41) is 8.47. The van der Waals surface area contributed by atoms with Crippen LogP contribution in [0, 0.1) is 5.92 Å². The van der Waals surface area contributed by atoms with Gasteiger partial charge in [0.05, 0.1) is 18.1 Å². The van der Waals surface area contributed by atoms with Crippen LogP contribution in [-0.4, -0.2) is 22.9 Å². The molecule has 1 saturated carbocycles. The van der Waals surface area contributed by atoms with Crippen LogP contribution < -0.4 is 0 Å². The van der Waals surface area contributed by atoms with Crippen molar-refractivity contribution in [2.24, 2.45) is 5.92 Å². The minimum atomic E-state index is -0.00499. The van der Waals surface area contributed by atoms with Crippen molar-refractivity contribution < 1.29 is 13.9 Å². The van der Waals surface area contributed by atoms with Gasteiger partial charge in [0.2, 0.25) is 11.8 Å². The molecule has 0 amide bonds. The highest BCUT2D eigenvalue weighted by atomic mass is 16.5. The highest BCUT2D eigenvalue weighted by Crippen LogP contribution is 2.41. The van der Waals surface area contributed by atoms with Crippen LogP contribution in [0.2, 0.25) is 0 Å². The lowest BCUT2D eigenvalue weighted by Gasteiger charge is -2.26. The molecule has 0 radical (unpaired) electrons. The van der Waals surface area contributed by atoms with Crippen molar-refractivity contribution in [2.45, 2.75) is 63.8 Å². The van der Waals surface area contributed by atoms with E-state index in [0.29, 0.717) is 24.5 Å². The van der Waals surface area contributed by atoms with Crippen LogP contribution in [0.15, 0.2) is 34.7 Å². The first kappa shape index (κ1) is 16.7. The van der Waals surface area contributed by atoms with Gasteiger partial charge in [-0.15, -0.1) is 10.2 Å². The first-order chi connectivity index (χ1) is 12.3. The normalized spacial score (nSPS) is 29.8. The van der Waals surface area contributed by atoms with Gasteiger partial charge in [-0.3, -0.25) is 0 Å². The number of ether oxygens (including phenoxy) is 2. The summed E-state index contributed by atoms with van der Waals surface area (Å²) < 4.78 is 17.8. The van der Waals surface area contributed by atoms with E-state index in [1.54, 1.807) is 0 Å². The Bertz CT molecular complexity index is 673. The highest BCUT2D eigenvalue weighted by Gasteiger charge is 2.35. The van der Waals surface area contributed by atoms with Gasteiger partial charge in [-0.1, -0.05) is 50.1 Å². The number of hydrogen-bond donors (Lipinski definition) is 0. The Kier molecular flexibility index (Phi) is 5.13. The van der Waals surface area contributed by atoms with Crippen LogP contribution in [0.4, 0.5) is 0 Å². The molecular weight excluding hydrogens is 316 g/mol. The fraction of sp³-hybridized carbons (Fsp3) is 0.600. The zero-order valence-corrected chi connectivity index (χ0v) is 14.8. The summed E-state index contributed by atoms with van der Waals surface area (Å²) in [5.41, 5.74) is 1.16. The van der Waals surface area contributed by atoms with Crippen molar-refractivity contribution in [1.29, 1.82) is 0 Å². The summed E-state index contributed by atoms with van der Waals surface area (Å²) >= 11 is 0. The van der Waals surface area contributed by atoms with Gasteiger partial charge in [-0.25, -0.2) is 0 Å². The van der Waals surface area contributed by atoms with Gasteiger partial charge in [-0.2, -0.15) is 0 Å². The number of rotatable bonds is 5. The van der Waals surface area contributed by atoms with Gasteiger partial charge in [0, 0.05) is 6.61 Å². The quantitative estimate of drug-likeness (QED) is 0.805. The number of hydrogen-bond acceptors (Lipinski definition) is 5. The molecule has 4 atom stereocenters. The molecule has 4 rings (SSSR count). The van der Waals surface area contributed by atoms with E-state index in [9.17, 15) is 0 Å². The van der Waals surface area contributed by atoms with Crippen LogP contribution in [0.25, 0.3) is 0 Å². The standard InChI is InChI=1S/C20H26N2O3/c1-14-6-5-9-16(12-14)24-13-18-21-22-20(25-18)17-10-11-23-19(17)15-7-3-2-4-8-15/h2-4,7-8,14,16-17,19H,5-6,9-13H2,1H3/t14?,16?,17-,19+/m0/s1. The van der Waals surface area contributed by atoms with E-state index in [2.05, 4.69) is 29.3 Å². The van der Waals surface area contributed by atoms with E-state index in [-0.39, 0.29) is 12.0 Å². The van der Waals surface area contributed by atoms with E-state index in [1.807, 2.05) is 18.2 Å². The SMILES string of the molecule is CC1CCCC(OCc2nnc([C@H]3CCO[C@@H]3c3ccccc3)o2)C1. The van der Waals surface area contributed by atoms with Crippen molar-refractivity contribution in [1.82, 2.24) is 10.2 Å². The Morgan fingerprint density at radius 2 is 2.00 bits per heavy atom. The Labute approximate surface area is 148 Å². The molecule has 2 aliphatic rings. The number of benzene rings is 1. The molecule has 134 valence electrons. The fourth-order valence-corrected chi connectivity index (χ4v) is 4.01. The smallest absolute Gasteiger partial charge is 0.242 e. The van der Waals surface area contributed by atoms with Crippen LogP contribution in [0.3, 0.4) is 0 Å². The average Bonchev–Trinajstić information content (AvgIpc) is 3.30. The van der Waals surface area contributed by atoms with Crippen molar-refractivity contribution >= 4 is 0 Å². The predicted molar refractivity (Wildman–Crippen MR) is 93.0 cm³/mol. The molecule has 1 aliphatic heterocycles. The molecule has 1 aromatic carbocycles. The number of aromatic nitrogens is 2. The molecule has 2 heterocycles. The maximum absolute atomic E-state index is 6.00. The maximum Gasteiger partial charge on any atom is 0.242 e. The molecule has 0 bridgehead atoms. The molecule has 2 aromatic rings. The molecule has 2 unspecified atom stereocenters. The van der Waals surface area contributed by atoms with E-state index in [0.717, 1.165) is 37.4 Å². The first-order valence-electron chi connectivity index (χ1n) is 9.40. The van der Waals surface area contributed by atoms with Crippen LogP contribution in [0.5, 0.6) is 0 Å². The first-order valence-corrected chi connectivity index (χ1v) is 9.40. The molecule has 0 spiro atoms. The summed E-state index contributed by atoms with van der Waals surface area (Å²) in [4.78, 5) is 0. The minimum absolute atomic E-state index is 0.00499. The van der Waals surface area contributed by atoms with Crippen molar-refractivity contribution in [3.05, 3.63) is 47.7 Å². The van der Waals surface area contributed by atoms with Gasteiger partial charge < -0.3 is 13.9 Å². The predicted octanol–water partition coefficient (Wildman–Crippen LogP) is 4.41. The molecule has 1 aliphatic carbocycles. The van der Waals surface area contributed by atoms with Gasteiger partial charge in [0.1, 0.15) is 6.61 Å². The summed E-state index contributed by atoms with van der Waals surface area (Å²) in [5.74, 6) is 2.12. The second-order valence-electron chi connectivity index (χ2n) is 7.34. The lowest BCUT2D eigenvalue weighted by Crippen LogP contribution is -2.21. The zero-order valence-electron chi connectivity index (χ0n) is 14.8. The fourth-order valence-electron chi connectivity index (χ4n) is 4.01. The summed E-state index contributed by atoms with van der Waals surface area (Å²) in [6.45, 7) is 3.43. The topological polar surface area (TPSA) is 57.4 Å². The lowest BCUT2D eigenvalue weighted by atomic mass is 9.89. The molecule has 1 aromatic heterocycles. The van der Waals surface area contributed by atoms with Crippen molar-refractivity contribution in [3.8, 4) is 0 Å². The molecular formula is C20H26N2O3. The minimum Gasteiger partial charge on any atom is -0.422 e. The Morgan fingerprint density at radius 3 is 2.84 bits per heavy atom. The van der Waals surface area contributed by atoms with Gasteiger partial charge in [-0.05, 0) is 30.7 Å². The Balaban J connectivity index is 1.39. The Morgan fingerprint density at radius 1 is 1.12 bits per heavy atom. The summed E-state index contributed by atoms with van der Waals surface area (Å²) in [6, 6.07) is 10.3. The average molecular weight is 342 g/mol. The number of nitrogens with zero attached hydrogens (tertiary/aromatic N) is 2. The zero-order chi connectivity index (χ0) is 17.1. The monoisotopic (exact) mass is 342 g/mol. The van der Waals surface area contributed by atoms with E-state index in [1.165, 1.54) is 12.8 Å². The van der Waals surface area contributed by atoms with E-state index in [4.69, 9.17) is 13.9 Å². The van der Waals surface area contributed by atoms with Gasteiger partial charge in [0.25, 0.3) is 0 Å². The van der Waals surface area contributed by atoms with E-state index < -0.39 is 0 Å². The van der Waals surface area contributed by atoms with Crippen LogP contribution in [0.1, 0.15) is 68.4 Å². The van der Waals surface area contributed by atoms with Gasteiger partial charge in [0.15, 0.2) is 0 Å². The Hall–Kier alpha value is -1.72. The van der Waals surface area contributed by atoms with Crippen molar-refractivity contribution in [3.63, 3.8) is 0 Å². The molecule has 2 fully saturated rings. The second-order valence-corrected chi connectivity index (χ2v) is 7.34. The van der Waals surface area contributed by atoms with E-state index >= 15 is 0 Å².